The second-order valence-corrected chi connectivity index (χ2v) is 9.48. The van der Waals surface area contributed by atoms with E-state index in [1.54, 1.807) is 36.4 Å². The third-order valence-electron chi connectivity index (χ3n) is 7.51. The first-order valence-corrected chi connectivity index (χ1v) is 12.1. The van der Waals surface area contributed by atoms with Crippen molar-refractivity contribution in [1.82, 2.24) is 5.32 Å². The van der Waals surface area contributed by atoms with Gasteiger partial charge in [-0.3, -0.25) is 9.59 Å². The fourth-order valence-corrected chi connectivity index (χ4v) is 5.70. The van der Waals surface area contributed by atoms with Gasteiger partial charge >= 0.3 is 5.97 Å². The largest absolute Gasteiger partial charge is 0.502 e. The summed E-state index contributed by atoms with van der Waals surface area (Å²) in [6.07, 6.45) is 0. The molecule has 0 bridgehead atoms. The van der Waals surface area contributed by atoms with E-state index in [0.29, 0.717) is 28.3 Å². The molecule has 1 aliphatic carbocycles. The number of hydrogen-bond donors (Lipinski definition) is 3. The Hall–Kier alpha value is -4.60. The van der Waals surface area contributed by atoms with Crippen molar-refractivity contribution < 1.29 is 38.4 Å². The summed E-state index contributed by atoms with van der Waals surface area (Å²) in [6.45, 7) is 0.202. The van der Waals surface area contributed by atoms with Crippen LogP contribution in [0.25, 0.3) is 0 Å². The van der Waals surface area contributed by atoms with Crippen LogP contribution in [0.5, 0.6) is 28.7 Å². The molecule has 2 aliphatic heterocycles. The van der Waals surface area contributed by atoms with Crippen LogP contribution in [0.1, 0.15) is 39.0 Å². The van der Waals surface area contributed by atoms with Gasteiger partial charge < -0.3 is 39.8 Å². The molecule has 4 atom stereocenters. The van der Waals surface area contributed by atoms with Crippen LogP contribution in [0.15, 0.2) is 48.5 Å². The van der Waals surface area contributed by atoms with Gasteiger partial charge in [0.25, 0.3) is 5.91 Å². The number of nitrogens with two attached hydrogens (primary N) is 1. The van der Waals surface area contributed by atoms with Crippen molar-refractivity contribution in [2.75, 3.05) is 33.4 Å². The molecule has 0 saturated carbocycles. The number of amides is 1. The van der Waals surface area contributed by atoms with E-state index in [0.717, 1.165) is 11.1 Å². The molecule has 4 N–H and O–H groups in total. The molecule has 10 nitrogen and oxygen atoms in total. The Labute approximate surface area is 218 Å². The van der Waals surface area contributed by atoms with Gasteiger partial charge in [-0.25, -0.2) is 0 Å². The Morgan fingerprint density at radius 1 is 0.974 bits per heavy atom. The fraction of sp³-hybridized carbons (Fsp3) is 0.286. The van der Waals surface area contributed by atoms with E-state index in [9.17, 15) is 14.7 Å². The lowest BCUT2D eigenvalue weighted by Crippen LogP contribution is -2.42. The van der Waals surface area contributed by atoms with E-state index in [1.165, 1.54) is 14.2 Å². The van der Waals surface area contributed by atoms with Crippen LogP contribution in [-0.2, 0) is 9.53 Å². The molecular formula is C28H26N2O8. The molecule has 10 heteroatoms. The number of carbonyl (C=O) groups excluding carboxylic acids is 2. The molecule has 0 radical (unpaired) electrons. The number of benzene rings is 3. The van der Waals surface area contributed by atoms with Crippen molar-refractivity contribution in [3.05, 3.63) is 70.8 Å². The lowest BCUT2D eigenvalue weighted by atomic mass is 9.65. The third kappa shape index (κ3) is 3.71. The van der Waals surface area contributed by atoms with Gasteiger partial charge in [-0.15, -0.1) is 0 Å². The highest BCUT2D eigenvalue weighted by Gasteiger charge is 2.53. The Kier molecular flexibility index (Phi) is 5.67. The lowest BCUT2D eigenvalue weighted by molar-refractivity contribution is -0.141. The Morgan fingerprint density at radius 3 is 2.24 bits per heavy atom. The van der Waals surface area contributed by atoms with Gasteiger partial charge in [-0.2, -0.15) is 0 Å². The summed E-state index contributed by atoms with van der Waals surface area (Å²) in [4.78, 5) is 26.5. The van der Waals surface area contributed by atoms with E-state index in [2.05, 4.69) is 5.32 Å². The van der Waals surface area contributed by atoms with Gasteiger partial charge in [0.15, 0.2) is 23.0 Å². The zero-order valence-electron chi connectivity index (χ0n) is 20.7. The second-order valence-electron chi connectivity index (χ2n) is 9.48. The summed E-state index contributed by atoms with van der Waals surface area (Å²) in [5.74, 6) is -0.788. The first-order valence-electron chi connectivity index (χ1n) is 12.1. The molecule has 1 saturated heterocycles. The Morgan fingerprint density at radius 2 is 1.61 bits per heavy atom. The van der Waals surface area contributed by atoms with Crippen molar-refractivity contribution in [3.63, 3.8) is 0 Å². The van der Waals surface area contributed by atoms with Crippen molar-refractivity contribution in [3.8, 4) is 28.7 Å². The molecule has 3 aromatic carbocycles. The Balaban J connectivity index is 1.51. The first kappa shape index (κ1) is 23.8. The molecule has 0 spiro atoms. The standard InChI is InChI=1S/C28H26N2O8/c1-34-21-7-14(8-22(35-2)26(21)31)23-16-9-19-20(38-12-37-19)10-17(16)25(18-11-36-28(33)24(18)23)30-27(32)13-3-5-15(29)6-4-13/h3-10,18,23-25,31H,11-12,29H2,1-2H3,(H,30,32)/t18-,23+,24-,25+/m0/s1. The number of phenolic OH excluding ortho intramolecular Hbond substituents is 1. The molecule has 3 aromatic rings. The van der Waals surface area contributed by atoms with Gasteiger partial charge in [0.05, 0.1) is 32.8 Å². The number of ether oxygens (including phenoxy) is 5. The lowest BCUT2D eigenvalue weighted by Gasteiger charge is -2.39. The van der Waals surface area contributed by atoms with Crippen LogP contribution in [0.3, 0.4) is 0 Å². The first-order chi connectivity index (χ1) is 18.4. The van der Waals surface area contributed by atoms with Crippen molar-refractivity contribution >= 4 is 17.6 Å². The van der Waals surface area contributed by atoms with E-state index in [1.807, 2.05) is 12.1 Å². The molecule has 38 heavy (non-hydrogen) atoms. The summed E-state index contributed by atoms with van der Waals surface area (Å²) < 4.78 is 27.7. The highest BCUT2D eigenvalue weighted by molar-refractivity contribution is 5.95. The minimum absolute atomic E-state index is 0.0705. The molecular weight excluding hydrogens is 492 g/mol. The minimum atomic E-state index is -0.626. The zero-order valence-corrected chi connectivity index (χ0v) is 20.7. The van der Waals surface area contributed by atoms with Crippen molar-refractivity contribution in [2.45, 2.75) is 12.0 Å². The monoisotopic (exact) mass is 518 g/mol. The number of methoxy groups -OCH3 is 2. The number of nitrogen functional groups attached to an aromatic ring is 1. The summed E-state index contributed by atoms with van der Waals surface area (Å²) in [5, 5.41) is 13.6. The molecule has 2 heterocycles. The second kappa shape index (κ2) is 9.05. The summed E-state index contributed by atoms with van der Waals surface area (Å²) in [7, 11) is 2.89. The number of anilines is 1. The number of fused-ring (bicyclic) bond motifs is 3. The zero-order chi connectivity index (χ0) is 26.6. The van der Waals surface area contributed by atoms with Crippen molar-refractivity contribution in [1.29, 1.82) is 0 Å². The van der Waals surface area contributed by atoms with Gasteiger partial charge in [0, 0.05) is 23.1 Å². The summed E-state index contributed by atoms with van der Waals surface area (Å²) >= 11 is 0. The predicted octanol–water partition coefficient (Wildman–Crippen LogP) is 3.13. The minimum Gasteiger partial charge on any atom is -0.502 e. The SMILES string of the molecule is COc1cc([C@@H]2c3cc4c(cc3[C@@H](NC(=O)c3ccc(N)cc3)[C@H]3COC(=O)[C@H]23)OCO4)cc(OC)c1O. The van der Waals surface area contributed by atoms with Crippen LogP contribution < -0.4 is 30.0 Å². The maximum Gasteiger partial charge on any atom is 0.310 e. The average molecular weight is 519 g/mol. The van der Waals surface area contributed by atoms with Gasteiger partial charge in [-0.1, -0.05) is 0 Å². The predicted molar refractivity (Wildman–Crippen MR) is 135 cm³/mol. The summed E-state index contributed by atoms with van der Waals surface area (Å²) in [6, 6.07) is 13.2. The molecule has 196 valence electrons. The number of nitrogens with one attached hydrogen (secondary N) is 1. The third-order valence-corrected chi connectivity index (χ3v) is 7.51. The van der Waals surface area contributed by atoms with E-state index >= 15 is 0 Å². The molecule has 6 rings (SSSR count). The van der Waals surface area contributed by atoms with Crippen molar-refractivity contribution in [2.24, 2.45) is 11.8 Å². The molecule has 1 fully saturated rings. The number of rotatable bonds is 5. The maximum atomic E-state index is 13.3. The normalized spacial score (nSPS) is 22.7. The van der Waals surface area contributed by atoms with E-state index in [-0.39, 0.29) is 48.4 Å². The topological polar surface area (TPSA) is 139 Å². The van der Waals surface area contributed by atoms with E-state index in [4.69, 9.17) is 29.4 Å². The van der Waals surface area contributed by atoms with E-state index < -0.39 is 17.9 Å². The quantitative estimate of drug-likeness (QED) is 0.343. The Bertz CT molecular complexity index is 1410. The molecule has 1 amide bonds. The maximum absolute atomic E-state index is 13.3. The molecule has 0 aromatic heterocycles. The van der Waals surface area contributed by atoms with Gasteiger partial charge in [0.2, 0.25) is 12.5 Å². The van der Waals surface area contributed by atoms with Gasteiger partial charge in [0.1, 0.15) is 0 Å². The molecule has 0 unspecified atom stereocenters. The highest BCUT2D eigenvalue weighted by Crippen LogP contribution is 2.55. The van der Waals surface area contributed by atoms with Crippen LogP contribution in [-0.4, -0.2) is 44.6 Å². The highest BCUT2D eigenvalue weighted by atomic mass is 16.7. The number of carbonyl (C=O) groups is 2. The van der Waals surface area contributed by atoms with Crippen LogP contribution in [0, 0.1) is 11.8 Å². The van der Waals surface area contributed by atoms with Crippen LogP contribution in [0.4, 0.5) is 5.69 Å². The van der Waals surface area contributed by atoms with Gasteiger partial charge in [-0.05, 0) is 65.2 Å². The average Bonchev–Trinajstić information content (AvgIpc) is 3.54. The number of esters is 1. The summed E-state index contributed by atoms with van der Waals surface area (Å²) in [5.41, 5.74) is 9.03. The number of hydrogen-bond acceptors (Lipinski definition) is 9. The molecule has 3 aliphatic rings. The smallest absolute Gasteiger partial charge is 0.310 e. The number of cyclic esters (lactones) is 1. The number of phenols is 1. The number of aromatic hydroxyl groups is 1. The van der Waals surface area contributed by atoms with Crippen LogP contribution >= 0.6 is 0 Å². The van der Waals surface area contributed by atoms with Crippen LogP contribution in [0.2, 0.25) is 0 Å². The fourth-order valence-electron chi connectivity index (χ4n) is 5.70.